The molecule has 2 saturated heterocycles. The molecule has 0 saturated carbocycles. The molecule has 4 heteroatoms. The summed E-state index contributed by atoms with van der Waals surface area (Å²) in [5.74, 6) is 1.33. The Morgan fingerprint density at radius 2 is 2.00 bits per heavy atom. The number of hydrogen-bond donors (Lipinski definition) is 2. The molecule has 0 aromatic carbocycles. The van der Waals surface area contributed by atoms with Crippen LogP contribution in [0.1, 0.15) is 45.4 Å². The Bertz CT molecular complexity index is 294. The van der Waals surface area contributed by atoms with Crippen LogP contribution >= 0.6 is 0 Å². The second kappa shape index (κ2) is 6.71. The van der Waals surface area contributed by atoms with E-state index in [9.17, 15) is 4.79 Å². The minimum atomic E-state index is 0.201. The molecule has 2 fully saturated rings. The van der Waals surface area contributed by atoms with Crippen molar-refractivity contribution >= 4 is 5.91 Å². The van der Waals surface area contributed by atoms with Crippen molar-refractivity contribution in [1.29, 1.82) is 0 Å². The van der Waals surface area contributed by atoms with Gasteiger partial charge in [0.1, 0.15) is 0 Å². The molecule has 3 atom stereocenters. The summed E-state index contributed by atoms with van der Waals surface area (Å²) in [6, 6.07) is 1.52. The summed E-state index contributed by atoms with van der Waals surface area (Å²) in [7, 11) is 2.26. The summed E-state index contributed by atoms with van der Waals surface area (Å²) in [6.07, 6.45) is 6.73. The predicted molar refractivity (Wildman–Crippen MR) is 77.8 cm³/mol. The third-order valence-electron chi connectivity index (χ3n) is 5.05. The first kappa shape index (κ1) is 14.8. The van der Waals surface area contributed by atoms with Gasteiger partial charge in [-0.3, -0.25) is 4.79 Å². The highest BCUT2D eigenvalue weighted by atomic mass is 16.1. The maximum absolute atomic E-state index is 11.8. The SMILES string of the molecule is CC(CN)CCC(=O)NCC1CC2CCC(C1)N2C. The van der Waals surface area contributed by atoms with E-state index < -0.39 is 0 Å². The molecule has 0 aromatic rings. The maximum Gasteiger partial charge on any atom is 0.220 e. The largest absolute Gasteiger partial charge is 0.356 e. The molecule has 4 nitrogen and oxygen atoms in total. The van der Waals surface area contributed by atoms with Gasteiger partial charge >= 0.3 is 0 Å². The molecule has 0 aliphatic carbocycles. The molecule has 2 aliphatic rings. The van der Waals surface area contributed by atoms with Crippen molar-refractivity contribution < 1.29 is 4.79 Å². The molecule has 3 N–H and O–H groups in total. The fraction of sp³-hybridized carbons (Fsp3) is 0.933. The molecule has 2 aliphatic heterocycles. The molecule has 1 amide bonds. The minimum absolute atomic E-state index is 0.201. The van der Waals surface area contributed by atoms with E-state index in [1.54, 1.807) is 0 Å². The van der Waals surface area contributed by atoms with Crippen molar-refractivity contribution in [2.45, 2.75) is 57.5 Å². The number of piperidine rings is 1. The molecule has 0 spiro atoms. The molecule has 0 radical (unpaired) electrons. The minimum Gasteiger partial charge on any atom is -0.356 e. The van der Waals surface area contributed by atoms with Gasteiger partial charge in [0.15, 0.2) is 0 Å². The summed E-state index contributed by atoms with van der Waals surface area (Å²) in [5, 5.41) is 3.12. The van der Waals surface area contributed by atoms with E-state index in [1.165, 1.54) is 25.7 Å². The summed E-state index contributed by atoms with van der Waals surface area (Å²) in [6.45, 7) is 3.64. The van der Waals surface area contributed by atoms with E-state index in [0.717, 1.165) is 25.0 Å². The van der Waals surface area contributed by atoms with Gasteiger partial charge in [0.05, 0.1) is 0 Å². The van der Waals surface area contributed by atoms with Crippen LogP contribution in [0.5, 0.6) is 0 Å². The number of carbonyl (C=O) groups is 1. The number of hydrogen-bond acceptors (Lipinski definition) is 3. The number of nitrogens with two attached hydrogens (primary N) is 1. The summed E-state index contributed by atoms with van der Waals surface area (Å²) < 4.78 is 0. The van der Waals surface area contributed by atoms with Crippen molar-refractivity contribution in [3.05, 3.63) is 0 Å². The van der Waals surface area contributed by atoms with Crippen LogP contribution in [0.15, 0.2) is 0 Å². The Balaban J connectivity index is 1.65. The van der Waals surface area contributed by atoms with Crippen LogP contribution in [0.4, 0.5) is 0 Å². The summed E-state index contributed by atoms with van der Waals surface area (Å²) in [4.78, 5) is 14.3. The van der Waals surface area contributed by atoms with Gasteiger partial charge < -0.3 is 16.0 Å². The Morgan fingerprint density at radius 3 is 2.58 bits per heavy atom. The fourth-order valence-corrected chi connectivity index (χ4v) is 3.53. The van der Waals surface area contributed by atoms with Crippen LogP contribution in [-0.4, -0.2) is 43.0 Å². The number of nitrogens with zero attached hydrogens (tertiary/aromatic N) is 1. The van der Waals surface area contributed by atoms with E-state index in [0.29, 0.717) is 24.8 Å². The van der Waals surface area contributed by atoms with Gasteiger partial charge in [0.25, 0.3) is 0 Å². The quantitative estimate of drug-likeness (QED) is 0.764. The summed E-state index contributed by atoms with van der Waals surface area (Å²) >= 11 is 0. The first-order valence-electron chi connectivity index (χ1n) is 7.78. The van der Waals surface area contributed by atoms with Gasteiger partial charge in [-0.05, 0) is 57.5 Å². The number of rotatable bonds is 6. The fourth-order valence-electron chi connectivity index (χ4n) is 3.53. The van der Waals surface area contributed by atoms with Gasteiger partial charge in [-0.1, -0.05) is 6.92 Å². The number of carbonyl (C=O) groups excluding carboxylic acids is 1. The van der Waals surface area contributed by atoms with E-state index in [1.807, 2.05) is 0 Å². The van der Waals surface area contributed by atoms with E-state index >= 15 is 0 Å². The lowest BCUT2D eigenvalue weighted by atomic mass is 9.91. The molecule has 3 unspecified atom stereocenters. The van der Waals surface area contributed by atoms with Crippen LogP contribution < -0.4 is 11.1 Å². The molecule has 2 rings (SSSR count). The zero-order chi connectivity index (χ0) is 13.8. The number of amides is 1. The van der Waals surface area contributed by atoms with E-state index in [2.05, 4.69) is 24.2 Å². The van der Waals surface area contributed by atoms with E-state index in [-0.39, 0.29) is 5.91 Å². The molecule has 110 valence electrons. The van der Waals surface area contributed by atoms with Crippen LogP contribution in [0.25, 0.3) is 0 Å². The maximum atomic E-state index is 11.8. The van der Waals surface area contributed by atoms with E-state index in [4.69, 9.17) is 5.73 Å². The monoisotopic (exact) mass is 267 g/mol. The Labute approximate surface area is 117 Å². The molecule has 2 bridgehead atoms. The Hall–Kier alpha value is -0.610. The lowest BCUT2D eigenvalue weighted by molar-refractivity contribution is -0.121. The second-order valence-electron chi connectivity index (χ2n) is 6.57. The Kier molecular flexibility index (Phi) is 5.22. The molecular formula is C15H29N3O. The molecular weight excluding hydrogens is 238 g/mol. The second-order valence-corrected chi connectivity index (χ2v) is 6.57. The normalized spacial score (nSPS) is 32.3. The highest BCUT2D eigenvalue weighted by molar-refractivity contribution is 5.75. The van der Waals surface area contributed by atoms with Gasteiger partial charge in [-0.15, -0.1) is 0 Å². The number of nitrogens with one attached hydrogen (secondary N) is 1. The zero-order valence-corrected chi connectivity index (χ0v) is 12.4. The highest BCUT2D eigenvalue weighted by Gasteiger charge is 2.38. The van der Waals surface area contributed by atoms with Crippen molar-refractivity contribution in [3.8, 4) is 0 Å². The smallest absolute Gasteiger partial charge is 0.220 e. The predicted octanol–water partition coefficient (Wildman–Crippen LogP) is 1.35. The number of fused-ring (bicyclic) bond motifs is 2. The van der Waals surface area contributed by atoms with Crippen molar-refractivity contribution in [3.63, 3.8) is 0 Å². The highest BCUT2D eigenvalue weighted by Crippen LogP contribution is 2.36. The van der Waals surface area contributed by atoms with Crippen LogP contribution in [0, 0.1) is 11.8 Å². The topological polar surface area (TPSA) is 58.4 Å². The summed E-state index contributed by atoms with van der Waals surface area (Å²) in [5.41, 5.74) is 5.56. The average molecular weight is 267 g/mol. The third kappa shape index (κ3) is 3.93. The average Bonchev–Trinajstić information content (AvgIpc) is 2.65. The third-order valence-corrected chi connectivity index (χ3v) is 5.05. The molecule has 0 aromatic heterocycles. The zero-order valence-electron chi connectivity index (χ0n) is 12.4. The van der Waals surface area contributed by atoms with Crippen LogP contribution in [-0.2, 0) is 4.79 Å². The first-order valence-corrected chi connectivity index (χ1v) is 7.78. The van der Waals surface area contributed by atoms with Crippen molar-refractivity contribution in [1.82, 2.24) is 10.2 Å². The standard InChI is InChI=1S/C15H29N3O/c1-11(9-16)3-6-15(19)17-10-12-7-13-4-5-14(8-12)18(13)2/h11-14H,3-10,16H2,1-2H3,(H,17,19). The molecule has 2 heterocycles. The van der Waals surface area contributed by atoms with Crippen LogP contribution in [0.2, 0.25) is 0 Å². The molecule has 19 heavy (non-hydrogen) atoms. The van der Waals surface area contributed by atoms with Gasteiger partial charge in [0.2, 0.25) is 5.91 Å². The van der Waals surface area contributed by atoms with Crippen molar-refractivity contribution in [2.75, 3.05) is 20.1 Å². The lowest BCUT2D eigenvalue weighted by Crippen LogP contribution is -2.43. The first-order chi connectivity index (χ1) is 9.10. The van der Waals surface area contributed by atoms with Gasteiger partial charge in [-0.2, -0.15) is 0 Å². The van der Waals surface area contributed by atoms with Crippen LogP contribution in [0.3, 0.4) is 0 Å². The van der Waals surface area contributed by atoms with Crippen molar-refractivity contribution in [2.24, 2.45) is 17.6 Å². The Morgan fingerprint density at radius 1 is 1.37 bits per heavy atom. The lowest BCUT2D eigenvalue weighted by Gasteiger charge is -2.36. The van der Waals surface area contributed by atoms with Gasteiger partial charge in [0, 0.05) is 25.0 Å². The van der Waals surface area contributed by atoms with Gasteiger partial charge in [-0.25, -0.2) is 0 Å².